The zero-order chi connectivity index (χ0) is 21.0. The maximum atomic E-state index is 12.7. The topological polar surface area (TPSA) is 59.4 Å². The number of carboxylic acids is 1. The summed E-state index contributed by atoms with van der Waals surface area (Å²) in [4.78, 5) is 17.0. The van der Waals surface area contributed by atoms with Crippen molar-refractivity contribution in [2.24, 2.45) is 0 Å². The Hall–Kier alpha value is -2.52. The molecule has 0 fully saturated rings. The first kappa shape index (κ1) is 21.2. The van der Waals surface area contributed by atoms with Crippen LogP contribution >= 0.6 is 23.1 Å². The highest BCUT2D eigenvalue weighted by atomic mass is 32.2. The zero-order valence-corrected chi connectivity index (χ0v) is 16.8. The number of thiazole rings is 1. The van der Waals surface area contributed by atoms with Crippen LogP contribution in [0.4, 0.5) is 13.2 Å². The lowest BCUT2D eigenvalue weighted by molar-refractivity contribution is -0.139. The molecule has 2 aromatic carbocycles. The molecule has 0 amide bonds. The fourth-order valence-corrected chi connectivity index (χ4v) is 4.52. The van der Waals surface area contributed by atoms with Crippen LogP contribution in [0.5, 0.6) is 5.75 Å². The number of hydrogen-bond acceptors (Lipinski definition) is 5. The van der Waals surface area contributed by atoms with Gasteiger partial charge in [0.15, 0.2) is 6.61 Å². The van der Waals surface area contributed by atoms with Crippen LogP contribution in [-0.2, 0) is 16.7 Å². The van der Waals surface area contributed by atoms with Crippen molar-refractivity contribution in [1.82, 2.24) is 4.98 Å². The molecular formula is C20H16F3NO3S2. The second-order valence-electron chi connectivity index (χ2n) is 6.05. The van der Waals surface area contributed by atoms with Crippen LogP contribution in [0.3, 0.4) is 0 Å². The number of carbonyl (C=O) groups is 1. The highest BCUT2D eigenvalue weighted by molar-refractivity contribution is 7.98. The second-order valence-corrected chi connectivity index (χ2v) is 8.18. The molecule has 0 aliphatic heterocycles. The third-order valence-electron chi connectivity index (χ3n) is 3.91. The maximum absolute atomic E-state index is 12.7. The minimum atomic E-state index is -4.35. The van der Waals surface area contributed by atoms with Gasteiger partial charge in [-0.2, -0.15) is 13.2 Å². The number of thioether (sulfide) groups is 1. The van der Waals surface area contributed by atoms with Crippen LogP contribution in [0.2, 0.25) is 0 Å². The van der Waals surface area contributed by atoms with Crippen LogP contribution in [0.25, 0.3) is 10.6 Å². The quantitative estimate of drug-likeness (QED) is 0.465. The minimum absolute atomic E-state index is 0.390. The molecule has 9 heteroatoms. The van der Waals surface area contributed by atoms with Crippen molar-refractivity contribution in [3.05, 3.63) is 64.7 Å². The van der Waals surface area contributed by atoms with E-state index in [0.717, 1.165) is 27.6 Å². The van der Waals surface area contributed by atoms with E-state index in [1.165, 1.54) is 23.5 Å². The molecule has 4 nitrogen and oxygen atoms in total. The third-order valence-corrected chi connectivity index (χ3v) is 6.34. The summed E-state index contributed by atoms with van der Waals surface area (Å²) < 4.78 is 43.2. The van der Waals surface area contributed by atoms with Crippen molar-refractivity contribution in [3.63, 3.8) is 0 Å². The number of aryl methyl sites for hydroxylation is 1. The van der Waals surface area contributed by atoms with E-state index in [2.05, 4.69) is 4.98 Å². The standard InChI is InChI=1S/C20H16F3NO3S2/c1-12-17(11-28-16-8-6-15(7-9-16)27-10-18(25)26)29-19(24-12)13-2-4-14(5-3-13)20(21,22)23/h2-9H,10-11H2,1H3,(H,25,26). The summed E-state index contributed by atoms with van der Waals surface area (Å²) in [6, 6.07) is 12.1. The maximum Gasteiger partial charge on any atom is 0.416 e. The van der Waals surface area contributed by atoms with Crippen molar-refractivity contribution in [2.75, 3.05) is 6.61 Å². The molecule has 3 aromatic rings. The number of alkyl halides is 3. The summed E-state index contributed by atoms with van der Waals surface area (Å²) in [7, 11) is 0. The highest BCUT2D eigenvalue weighted by Crippen LogP contribution is 2.35. The van der Waals surface area contributed by atoms with Gasteiger partial charge in [0, 0.05) is 21.1 Å². The van der Waals surface area contributed by atoms with Gasteiger partial charge in [-0.25, -0.2) is 9.78 Å². The Morgan fingerprint density at radius 3 is 2.38 bits per heavy atom. The van der Waals surface area contributed by atoms with Crippen LogP contribution in [0.1, 0.15) is 16.1 Å². The van der Waals surface area contributed by atoms with Gasteiger partial charge in [-0.3, -0.25) is 0 Å². The van der Waals surface area contributed by atoms with Gasteiger partial charge in [0.1, 0.15) is 10.8 Å². The van der Waals surface area contributed by atoms with E-state index in [9.17, 15) is 18.0 Å². The van der Waals surface area contributed by atoms with Gasteiger partial charge in [0.2, 0.25) is 0 Å². The molecule has 1 aromatic heterocycles. The van der Waals surface area contributed by atoms with Gasteiger partial charge in [0.05, 0.1) is 11.3 Å². The number of aliphatic carboxylic acids is 1. The molecule has 0 radical (unpaired) electrons. The molecule has 1 heterocycles. The predicted octanol–water partition coefficient (Wildman–Crippen LogP) is 5.89. The van der Waals surface area contributed by atoms with Gasteiger partial charge in [-0.1, -0.05) is 12.1 Å². The van der Waals surface area contributed by atoms with E-state index in [-0.39, 0.29) is 6.61 Å². The van der Waals surface area contributed by atoms with E-state index >= 15 is 0 Å². The lowest BCUT2D eigenvalue weighted by Gasteiger charge is -2.06. The number of hydrogen-bond donors (Lipinski definition) is 1. The Morgan fingerprint density at radius 2 is 1.79 bits per heavy atom. The zero-order valence-electron chi connectivity index (χ0n) is 15.2. The summed E-state index contributed by atoms with van der Waals surface area (Å²) in [5.74, 6) is 0.114. The van der Waals surface area contributed by atoms with Crippen molar-refractivity contribution in [2.45, 2.75) is 23.7 Å². The third kappa shape index (κ3) is 5.74. The number of benzene rings is 2. The van der Waals surface area contributed by atoms with E-state index in [1.807, 2.05) is 19.1 Å². The average molecular weight is 439 g/mol. The van der Waals surface area contributed by atoms with E-state index in [0.29, 0.717) is 22.1 Å². The van der Waals surface area contributed by atoms with E-state index in [1.54, 1.807) is 23.9 Å². The SMILES string of the molecule is Cc1nc(-c2ccc(C(F)(F)F)cc2)sc1CSc1ccc(OCC(=O)O)cc1. The molecule has 1 N–H and O–H groups in total. The first-order valence-electron chi connectivity index (χ1n) is 8.44. The second kappa shape index (κ2) is 8.87. The summed E-state index contributed by atoms with van der Waals surface area (Å²) in [6.07, 6.45) is -4.35. The summed E-state index contributed by atoms with van der Waals surface area (Å²) in [5, 5.41) is 9.30. The van der Waals surface area contributed by atoms with Crippen molar-refractivity contribution < 1.29 is 27.8 Å². The van der Waals surface area contributed by atoms with Crippen molar-refractivity contribution in [1.29, 1.82) is 0 Å². The normalized spacial score (nSPS) is 11.4. The fraction of sp³-hybridized carbons (Fsp3) is 0.200. The lowest BCUT2D eigenvalue weighted by Crippen LogP contribution is -2.09. The lowest BCUT2D eigenvalue weighted by atomic mass is 10.1. The molecule has 0 saturated carbocycles. The molecule has 0 unspecified atom stereocenters. The number of halogens is 3. The molecular weight excluding hydrogens is 423 g/mol. The first-order valence-corrected chi connectivity index (χ1v) is 10.2. The molecule has 0 bridgehead atoms. The van der Waals surface area contributed by atoms with Crippen LogP contribution in [0, 0.1) is 6.92 Å². The Bertz CT molecular complexity index is 984. The monoisotopic (exact) mass is 439 g/mol. The van der Waals surface area contributed by atoms with Crippen LogP contribution in [0.15, 0.2) is 53.4 Å². The minimum Gasteiger partial charge on any atom is -0.482 e. The number of carboxylic acid groups (broad SMARTS) is 1. The Labute approximate surface area is 173 Å². The largest absolute Gasteiger partial charge is 0.482 e. The summed E-state index contributed by atoms with van der Waals surface area (Å²) in [5.41, 5.74) is 0.821. The van der Waals surface area contributed by atoms with Gasteiger partial charge in [0.25, 0.3) is 0 Å². The smallest absolute Gasteiger partial charge is 0.416 e. The van der Waals surface area contributed by atoms with Gasteiger partial charge in [-0.05, 0) is 43.3 Å². The molecule has 3 rings (SSSR count). The Morgan fingerprint density at radius 1 is 1.14 bits per heavy atom. The first-order chi connectivity index (χ1) is 13.7. The number of ether oxygens (including phenoxy) is 1. The predicted molar refractivity (Wildman–Crippen MR) is 106 cm³/mol. The van der Waals surface area contributed by atoms with E-state index in [4.69, 9.17) is 9.84 Å². The molecule has 0 spiro atoms. The summed E-state index contributed by atoms with van der Waals surface area (Å²) in [6.45, 7) is 1.49. The van der Waals surface area contributed by atoms with Gasteiger partial charge >= 0.3 is 12.1 Å². The van der Waals surface area contributed by atoms with Crippen molar-refractivity contribution >= 4 is 29.1 Å². The number of rotatable bonds is 7. The Kier molecular flexibility index (Phi) is 6.49. The molecule has 0 aliphatic rings. The van der Waals surface area contributed by atoms with E-state index < -0.39 is 17.7 Å². The summed E-state index contributed by atoms with van der Waals surface area (Å²) >= 11 is 3.04. The van der Waals surface area contributed by atoms with Crippen LogP contribution < -0.4 is 4.74 Å². The number of nitrogens with zero attached hydrogens (tertiary/aromatic N) is 1. The molecule has 29 heavy (non-hydrogen) atoms. The highest BCUT2D eigenvalue weighted by Gasteiger charge is 2.30. The average Bonchev–Trinajstić information content (AvgIpc) is 3.05. The molecule has 0 atom stereocenters. The van der Waals surface area contributed by atoms with Gasteiger partial charge in [-0.15, -0.1) is 23.1 Å². The van der Waals surface area contributed by atoms with Crippen LogP contribution in [-0.4, -0.2) is 22.7 Å². The molecule has 152 valence electrons. The fourth-order valence-electron chi connectivity index (χ4n) is 2.41. The number of aromatic nitrogens is 1. The Balaban J connectivity index is 1.64. The van der Waals surface area contributed by atoms with Gasteiger partial charge < -0.3 is 9.84 Å². The van der Waals surface area contributed by atoms with Crippen molar-refractivity contribution in [3.8, 4) is 16.3 Å². The molecule has 0 aliphatic carbocycles. The molecule has 0 saturated heterocycles.